The normalized spacial score (nSPS) is 17.6. The van der Waals surface area contributed by atoms with Gasteiger partial charge in [0.25, 0.3) is 0 Å². The molecular weight excluding hydrogens is 312 g/mol. The van der Waals surface area contributed by atoms with E-state index in [0.29, 0.717) is 12.6 Å². The maximum Gasteiger partial charge on any atom is 0.223 e. The lowest BCUT2D eigenvalue weighted by Gasteiger charge is -2.34. The van der Waals surface area contributed by atoms with Gasteiger partial charge in [0, 0.05) is 30.9 Å². The van der Waals surface area contributed by atoms with Gasteiger partial charge in [-0.05, 0) is 45.3 Å². The molecule has 3 rings (SSSR count). The van der Waals surface area contributed by atoms with Gasteiger partial charge in [-0.25, -0.2) is 4.98 Å². The summed E-state index contributed by atoms with van der Waals surface area (Å²) in [5, 5.41) is 3.28. The Bertz CT molecular complexity index is 646. The average Bonchev–Trinajstić information content (AvgIpc) is 3.15. The highest BCUT2D eigenvalue weighted by molar-refractivity contribution is 5.79. The molecule has 0 unspecified atom stereocenters. The third-order valence-corrected chi connectivity index (χ3v) is 5.10. The number of nitrogens with zero attached hydrogens (tertiary/aromatic N) is 3. The van der Waals surface area contributed by atoms with Crippen LogP contribution in [-0.2, 0) is 11.3 Å². The Morgan fingerprint density at radius 2 is 1.96 bits per heavy atom. The summed E-state index contributed by atoms with van der Waals surface area (Å²) < 4.78 is 2.01. The number of carbonyl (C=O) groups is 1. The summed E-state index contributed by atoms with van der Waals surface area (Å²) in [5.74, 6) is 0.293. The molecule has 5 nitrogen and oxygen atoms in total. The van der Waals surface area contributed by atoms with E-state index >= 15 is 0 Å². The van der Waals surface area contributed by atoms with E-state index in [1.807, 2.05) is 29.0 Å². The summed E-state index contributed by atoms with van der Waals surface area (Å²) in [6, 6.07) is 10.7. The molecule has 2 aromatic rings. The molecular formula is C20H28N4O. The van der Waals surface area contributed by atoms with Crippen molar-refractivity contribution in [1.82, 2.24) is 19.8 Å². The number of nitrogens with one attached hydrogen (secondary N) is 1. The molecule has 1 aliphatic rings. The number of piperidine rings is 1. The standard InChI is InChI=1S/C20H28N4O/c1-16(2)24-11-8-18(9-12-24)20(25)22-19(14-23-13-10-21-15-23)17-6-4-3-5-7-17/h3-7,10,13,15-16,18-19H,8-9,11-12,14H2,1-2H3,(H,22,25)/t19-/m1/s1. The van der Waals surface area contributed by atoms with E-state index in [1.54, 1.807) is 12.5 Å². The van der Waals surface area contributed by atoms with Crippen molar-refractivity contribution in [2.45, 2.75) is 45.3 Å². The Morgan fingerprint density at radius 3 is 2.56 bits per heavy atom. The Morgan fingerprint density at radius 1 is 1.24 bits per heavy atom. The molecule has 0 aliphatic carbocycles. The lowest BCUT2D eigenvalue weighted by molar-refractivity contribution is -0.127. The molecule has 1 N–H and O–H groups in total. The topological polar surface area (TPSA) is 50.2 Å². The van der Waals surface area contributed by atoms with Crippen molar-refractivity contribution in [3.63, 3.8) is 0 Å². The number of benzene rings is 1. The Balaban J connectivity index is 1.65. The van der Waals surface area contributed by atoms with Gasteiger partial charge in [0.1, 0.15) is 0 Å². The molecule has 2 heterocycles. The molecule has 134 valence electrons. The van der Waals surface area contributed by atoms with Crippen LogP contribution in [0.5, 0.6) is 0 Å². The number of hydrogen-bond acceptors (Lipinski definition) is 3. The average molecular weight is 340 g/mol. The SMILES string of the molecule is CC(C)N1CCC(C(=O)N[C@H](Cn2ccnc2)c2ccccc2)CC1. The first kappa shape index (κ1) is 17.7. The number of carbonyl (C=O) groups excluding carboxylic acids is 1. The smallest absolute Gasteiger partial charge is 0.223 e. The molecule has 1 saturated heterocycles. The molecule has 1 fully saturated rings. The molecule has 5 heteroatoms. The highest BCUT2D eigenvalue weighted by Gasteiger charge is 2.27. The summed E-state index contributed by atoms with van der Waals surface area (Å²) in [4.78, 5) is 19.4. The predicted molar refractivity (Wildman–Crippen MR) is 99.0 cm³/mol. The van der Waals surface area contributed by atoms with Crippen LogP contribution >= 0.6 is 0 Å². The number of likely N-dealkylation sites (tertiary alicyclic amines) is 1. The second-order valence-electron chi connectivity index (χ2n) is 7.14. The van der Waals surface area contributed by atoms with Gasteiger partial charge in [-0.3, -0.25) is 4.79 Å². The molecule has 0 bridgehead atoms. The summed E-state index contributed by atoms with van der Waals surface area (Å²) in [7, 11) is 0. The second-order valence-corrected chi connectivity index (χ2v) is 7.14. The first-order valence-electron chi connectivity index (χ1n) is 9.18. The van der Waals surface area contributed by atoms with Crippen LogP contribution in [0.4, 0.5) is 0 Å². The van der Waals surface area contributed by atoms with E-state index in [-0.39, 0.29) is 17.9 Å². The van der Waals surface area contributed by atoms with Gasteiger partial charge in [-0.1, -0.05) is 30.3 Å². The molecule has 0 saturated carbocycles. The molecule has 0 radical (unpaired) electrons. The van der Waals surface area contributed by atoms with E-state index in [9.17, 15) is 4.79 Å². The van der Waals surface area contributed by atoms with Crippen molar-refractivity contribution in [3.05, 3.63) is 54.6 Å². The van der Waals surface area contributed by atoms with Gasteiger partial charge >= 0.3 is 0 Å². The molecule has 1 aromatic heterocycles. The van der Waals surface area contributed by atoms with E-state index < -0.39 is 0 Å². The summed E-state index contributed by atoms with van der Waals surface area (Å²) in [5.41, 5.74) is 1.13. The highest BCUT2D eigenvalue weighted by Crippen LogP contribution is 2.22. The zero-order valence-electron chi connectivity index (χ0n) is 15.1. The minimum absolute atomic E-state index is 0.0361. The molecule has 1 amide bonds. The summed E-state index contributed by atoms with van der Waals surface area (Å²) in [6.07, 6.45) is 7.38. The molecule has 1 aliphatic heterocycles. The van der Waals surface area contributed by atoms with E-state index in [0.717, 1.165) is 31.5 Å². The third kappa shape index (κ3) is 4.69. The van der Waals surface area contributed by atoms with Crippen molar-refractivity contribution in [2.24, 2.45) is 5.92 Å². The van der Waals surface area contributed by atoms with Crippen LogP contribution in [0.1, 0.15) is 38.3 Å². The molecule has 0 spiro atoms. The van der Waals surface area contributed by atoms with E-state index in [4.69, 9.17) is 0 Å². The largest absolute Gasteiger partial charge is 0.347 e. The number of imidazole rings is 1. The highest BCUT2D eigenvalue weighted by atomic mass is 16.2. The van der Waals surface area contributed by atoms with Gasteiger partial charge in [-0.2, -0.15) is 0 Å². The van der Waals surface area contributed by atoms with Crippen LogP contribution in [0.15, 0.2) is 49.1 Å². The lowest BCUT2D eigenvalue weighted by atomic mass is 9.94. The maximum absolute atomic E-state index is 12.8. The predicted octanol–water partition coefficient (Wildman–Crippen LogP) is 2.86. The van der Waals surface area contributed by atoms with Crippen molar-refractivity contribution in [3.8, 4) is 0 Å². The van der Waals surface area contributed by atoms with Gasteiger partial charge in [0.15, 0.2) is 0 Å². The van der Waals surface area contributed by atoms with Crippen molar-refractivity contribution >= 4 is 5.91 Å². The van der Waals surface area contributed by atoms with Crippen LogP contribution < -0.4 is 5.32 Å². The van der Waals surface area contributed by atoms with Gasteiger partial charge in [0.2, 0.25) is 5.91 Å². The fraction of sp³-hybridized carbons (Fsp3) is 0.500. The Labute approximate surface area is 150 Å². The molecule has 1 aromatic carbocycles. The zero-order chi connectivity index (χ0) is 17.6. The fourth-order valence-electron chi connectivity index (χ4n) is 3.49. The first-order chi connectivity index (χ1) is 12.1. The number of amides is 1. The van der Waals surface area contributed by atoms with Crippen LogP contribution in [0.25, 0.3) is 0 Å². The number of aromatic nitrogens is 2. The van der Waals surface area contributed by atoms with Gasteiger partial charge < -0.3 is 14.8 Å². The summed E-state index contributed by atoms with van der Waals surface area (Å²) in [6.45, 7) is 7.15. The van der Waals surface area contributed by atoms with Crippen LogP contribution in [-0.4, -0.2) is 39.5 Å². The molecule has 25 heavy (non-hydrogen) atoms. The van der Waals surface area contributed by atoms with Crippen molar-refractivity contribution in [2.75, 3.05) is 13.1 Å². The van der Waals surface area contributed by atoms with Crippen molar-refractivity contribution in [1.29, 1.82) is 0 Å². The minimum Gasteiger partial charge on any atom is -0.347 e. The van der Waals surface area contributed by atoms with Crippen LogP contribution in [0, 0.1) is 5.92 Å². The van der Waals surface area contributed by atoms with Gasteiger partial charge in [-0.15, -0.1) is 0 Å². The lowest BCUT2D eigenvalue weighted by Crippen LogP contribution is -2.44. The quantitative estimate of drug-likeness (QED) is 0.880. The van der Waals surface area contributed by atoms with Crippen LogP contribution in [0.2, 0.25) is 0 Å². The van der Waals surface area contributed by atoms with Crippen molar-refractivity contribution < 1.29 is 4.79 Å². The first-order valence-corrected chi connectivity index (χ1v) is 9.18. The number of hydrogen-bond donors (Lipinski definition) is 1. The molecule has 1 atom stereocenters. The van der Waals surface area contributed by atoms with E-state index in [2.05, 4.69) is 41.2 Å². The third-order valence-electron chi connectivity index (χ3n) is 5.10. The Hall–Kier alpha value is -2.14. The monoisotopic (exact) mass is 340 g/mol. The van der Waals surface area contributed by atoms with Crippen LogP contribution in [0.3, 0.4) is 0 Å². The number of rotatable bonds is 6. The second kappa shape index (κ2) is 8.30. The van der Waals surface area contributed by atoms with Gasteiger partial charge in [0.05, 0.1) is 12.4 Å². The maximum atomic E-state index is 12.8. The fourth-order valence-corrected chi connectivity index (χ4v) is 3.49. The minimum atomic E-state index is -0.0361. The Kier molecular flexibility index (Phi) is 5.87. The van der Waals surface area contributed by atoms with E-state index in [1.165, 1.54) is 0 Å². The zero-order valence-corrected chi connectivity index (χ0v) is 15.1. The summed E-state index contributed by atoms with van der Waals surface area (Å²) >= 11 is 0.